The lowest BCUT2D eigenvalue weighted by Gasteiger charge is -2.06. The summed E-state index contributed by atoms with van der Waals surface area (Å²) in [6.07, 6.45) is -1.78. The Bertz CT molecular complexity index is 305. The number of nitrogens with zero attached hydrogens (tertiary/aromatic N) is 2. The molecule has 0 aliphatic heterocycles. The molecule has 1 heterocycles. The predicted octanol–water partition coefficient (Wildman–Crippen LogP) is 1.26. The molecule has 0 aliphatic rings. The Kier molecular flexibility index (Phi) is 3.49. The summed E-state index contributed by atoms with van der Waals surface area (Å²) in [4.78, 5) is 6.80. The summed E-state index contributed by atoms with van der Waals surface area (Å²) in [5.41, 5.74) is 4.99. The molecule has 4 nitrogen and oxygen atoms in total. The maximum absolute atomic E-state index is 12.7. The Hall–Kier alpha value is -1.53. The Balaban J connectivity index is 2.54. The first-order valence-corrected chi connectivity index (χ1v) is 3.89. The van der Waals surface area contributed by atoms with Crippen LogP contribution in [0.3, 0.4) is 0 Å². The first-order chi connectivity index (χ1) is 6.61. The molecule has 3 N–H and O–H groups in total. The van der Waals surface area contributed by atoms with Gasteiger partial charge in [0.2, 0.25) is 12.4 Å². The highest BCUT2D eigenvalue weighted by Crippen LogP contribution is 2.15. The van der Waals surface area contributed by atoms with E-state index in [9.17, 15) is 13.2 Å². The van der Waals surface area contributed by atoms with E-state index in [1.54, 1.807) is 0 Å². The Morgan fingerprint density at radius 2 is 2.14 bits per heavy atom. The number of nitrogen functional groups attached to an aromatic ring is 1. The molecule has 0 radical (unpaired) electrons. The molecule has 0 aromatic carbocycles. The fourth-order valence-electron chi connectivity index (χ4n) is 0.815. The molecule has 0 unspecified atom stereocenters. The Labute approximate surface area is 78.4 Å². The van der Waals surface area contributed by atoms with Gasteiger partial charge in [-0.2, -0.15) is 4.39 Å². The number of hydrogen-bond donors (Lipinski definition) is 2. The van der Waals surface area contributed by atoms with Crippen molar-refractivity contribution in [3.05, 3.63) is 12.3 Å². The van der Waals surface area contributed by atoms with Gasteiger partial charge in [0.15, 0.2) is 5.82 Å². The van der Waals surface area contributed by atoms with Crippen molar-refractivity contribution >= 4 is 11.5 Å². The molecule has 0 amide bonds. The molecule has 0 aliphatic carbocycles. The Morgan fingerprint density at radius 3 is 2.79 bits per heavy atom. The first-order valence-electron chi connectivity index (χ1n) is 3.89. The van der Waals surface area contributed by atoms with Crippen LogP contribution in [0.15, 0.2) is 6.33 Å². The zero-order valence-corrected chi connectivity index (χ0v) is 7.17. The van der Waals surface area contributed by atoms with E-state index in [4.69, 9.17) is 5.73 Å². The average Bonchev–Trinajstić information content (AvgIpc) is 2.12. The molecule has 14 heavy (non-hydrogen) atoms. The molecule has 0 spiro atoms. The van der Waals surface area contributed by atoms with Gasteiger partial charge < -0.3 is 11.1 Å². The van der Waals surface area contributed by atoms with Crippen LogP contribution in [0.1, 0.15) is 6.42 Å². The van der Waals surface area contributed by atoms with Crippen molar-refractivity contribution in [3.8, 4) is 0 Å². The molecule has 0 saturated heterocycles. The van der Waals surface area contributed by atoms with Crippen molar-refractivity contribution in [3.63, 3.8) is 0 Å². The van der Waals surface area contributed by atoms with Gasteiger partial charge in [-0.05, 0) is 0 Å². The molecule has 0 fully saturated rings. The minimum Gasteiger partial charge on any atom is -0.392 e. The van der Waals surface area contributed by atoms with Gasteiger partial charge in [-0.25, -0.2) is 18.7 Å². The molecule has 1 rings (SSSR count). The van der Waals surface area contributed by atoms with Crippen LogP contribution in [0.5, 0.6) is 0 Å². The van der Waals surface area contributed by atoms with Crippen molar-refractivity contribution in [1.82, 2.24) is 9.97 Å². The standard InChI is InChI=1S/C7H9F3N4/c8-4(9)1-2-12-7-5(11)6(10)13-3-14-7/h3-4H,1-2,11H2,(H,12,13,14). The van der Waals surface area contributed by atoms with E-state index < -0.39 is 12.4 Å². The van der Waals surface area contributed by atoms with E-state index >= 15 is 0 Å². The topological polar surface area (TPSA) is 63.8 Å². The molecular weight excluding hydrogens is 197 g/mol. The van der Waals surface area contributed by atoms with Crippen LogP contribution in [0, 0.1) is 5.95 Å². The zero-order valence-electron chi connectivity index (χ0n) is 7.17. The molecule has 1 aromatic heterocycles. The summed E-state index contributed by atoms with van der Waals surface area (Å²) in [5, 5.41) is 2.49. The molecule has 7 heteroatoms. The normalized spacial score (nSPS) is 10.6. The maximum Gasteiger partial charge on any atom is 0.241 e. The van der Waals surface area contributed by atoms with Gasteiger partial charge in [0, 0.05) is 13.0 Å². The number of nitrogens with one attached hydrogen (secondary N) is 1. The number of halogens is 3. The SMILES string of the molecule is Nc1c(F)ncnc1NCCC(F)F. The van der Waals surface area contributed by atoms with Crippen LogP contribution in [-0.2, 0) is 0 Å². The molecule has 1 aromatic rings. The third-order valence-electron chi connectivity index (χ3n) is 1.49. The summed E-state index contributed by atoms with van der Waals surface area (Å²) in [5.74, 6) is -0.822. The van der Waals surface area contributed by atoms with Gasteiger partial charge in [-0.15, -0.1) is 0 Å². The van der Waals surface area contributed by atoms with E-state index in [1.165, 1.54) is 0 Å². The van der Waals surface area contributed by atoms with Crippen LogP contribution in [0.2, 0.25) is 0 Å². The number of alkyl halides is 2. The molecule has 0 saturated carbocycles. The lowest BCUT2D eigenvalue weighted by molar-refractivity contribution is 0.142. The van der Waals surface area contributed by atoms with E-state index in [0.29, 0.717) is 0 Å². The second kappa shape index (κ2) is 4.64. The minimum atomic E-state index is -2.41. The van der Waals surface area contributed by atoms with Crippen LogP contribution in [-0.4, -0.2) is 22.9 Å². The van der Waals surface area contributed by atoms with Gasteiger partial charge in [0.05, 0.1) is 0 Å². The summed E-state index contributed by atoms with van der Waals surface area (Å²) >= 11 is 0. The average molecular weight is 206 g/mol. The molecule has 78 valence electrons. The van der Waals surface area contributed by atoms with Gasteiger partial charge in [0.25, 0.3) is 0 Å². The van der Waals surface area contributed by atoms with Crippen LogP contribution in [0.25, 0.3) is 0 Å². The van der Waals surface area contributed by atoms with Crippen molar-refractivity contribution in [2.45, 2.75) is 12.8 Å². The van der Waals surface area contributed by atoms with Gasteiger partial charge in [-0.1, -0.05) is 0 Å². The van der Waals surface area contributed by atoms with Gasteiger partial charge in [-0.3, -0.25) is 0 Å². The predicted molar refractivity (Wildman–Crippen MR) is 45.5 cm³/mol. The highest BCUT2D eigenvalue weighted by Gasteiger charge is 2.07. The summed E-state index contributed by atoms with van der Waals surface area (Å²) < 4.78 is 36.2. The summed E-state index contributed by atoms with van der Waals surface area (Å²) in [6.45, 7) is -0.0156. The second-order valence-corrected chi connectivity index (χ2v) is 2.53. The van der Waals surface area contributed by atoms with E-state index in [1.807, 2.05) is 0 Å². The first kappa shape index (κ1) is 10.6. The van der Waals surface area contributed by atoms with Crippen molar-refractivity contribution < 1.29 is 13.2 Å². The van der Waals surface area contributed by atoms with Gasteiger partial charge >= 0.3 is 0 Å². The number of hydrogen-bond acceptors (Lipinski definition) is 4. The smallest absolute Gasteiger partial charge is 0.241 e. The highest BCUT2D eigenvalue weighted by atomic mass is 19.3. The maximum atomic E-state index is 12.7. The summed E-state index contributed by atoms with van der Waals surface area (Å²) in [6, 6.07) is 0. The van der Waals surface area contributed by atoms with Crippen LogP contribution >= 0.6 is 0 Å². The largest absolute Gasteiger partial charge is 0.392 e. The fraction of sp³-hybridized carbons (Fsp3) is 0.429. The third kappa shape index (κ3) is 2.75. The molecule has 0 bridgehead atoms. The number of anilines is 2. The Morgan fingerprint density at radius 1 is 1.43 bits per heavy atom. The van der Waals surface area contributed by atoms with E-state index in [-0.39, 0.29) is 24.5 Å². The number of nitrogens with two attached hydrogens (primary N) is 1. The van der Waals surface area contributed by atoms with Crippen molar-refractivity contribution in [2.24, 2.45) is 0 Å². The third-order valence-corrected chi connectivity index (χ3v) is 1.49. The van der Waals surface area contributed by atoms with Crippen molar-refractivity contribution in [2.75, 3.05) is 17.6 Å². The quantitative estimate of drug-likeness (QED) is 0.728. The highest BCUT2D eigenvalue weighted by molar-refractivity contribution is 5.59. The lowest BCUT2D eigenvalue weighted by Crippen LogP contribution is -2.10. The van der Waals surface area contributed by atoms with Gasteiger partial charge in [0.1, 0.15) is 12.0 Å². The second-order valence-electron chi connectivity index (χ2n) is 2.53. The van der Waals surface area contributed by atoms with E-state index in [2.05, 4.69) is 15.3 Å². The van der Waals surface area contributed by atoms with E-state index in [0.717, 1.165) is 6.33 Å². The van der Waals surface area contributed by atoms with Crippen LogP contribution < -0.4 is 11.1 Å². The number of aromatic nitrogens is 2. The fourth-order valence-corrected chi connectivity index (χ4v) is 0.815. The van der Waals surface area contributed by atoms with Crippen LogP contribution in [0.4, 0.5) is 24.7 Å². The molecular formula is C7H9F3N4. The monoisotopic (exact) mass is 206 g/mol. The summed E-state index contributed by atoms with van der Waals surface area (Å²) in [7, 11) is 0. The molecule has 0 atom stereocenters. The number of rotatable bonds is 4. The minimum absolute atomic E-state index is 0.0156. The zero-order chi connectivity index (χ0) is 10.6. The lowest BCUT2D eigenvalue weighted by atomic mass is 10.4. The van der Waals surface area contributed by atoms with Crippen molar-refractivity contribution in [1.29, 1.82) is 0 Å².